The molecule has 4 nitrogen and oxygen atoms in total. The van der Waals surface area contributed by atoms with Crippen LogP contribution in [-0.2, 0) is 14.6 Å². The Labute approximate surface area is 73.6 Å². The zero-order valence-electron chi connectivity index (χ0n) is 6.54. The maximum atomic E-state index is 12.4. The van der Waals surface area contributed by atoms with Gasteiger partial charge in [-0.15, -0.1) is 0 Å². The largest absolute Gasteiger partial charge is 0.397 e. The van der Waals surface area contributed by atoms with E-state index in [0.717, 1.165) is 0 Å². The van der Waals surface area contributed by atoms with Gasteiger partial charge in [-0.1, -0.05) is 0 Å². The molecule has 80 valence electrons. The predicted octanol–water partition coefficient (Wildman–Crippen LogP) is 1.19. The Morgan fingerprint density at radius 2 is 1.85 bits per heavy atom. The first-order valence-electron chi connectivity index (χ1n) is 3.32. The second-order valence-electron chi connectivity index (χ2n) is 2.29. The van der Waals surface area contributed by atoms with Crippen molar-refractivity contribution in [3.05, 3.63) is 0 Å². The molecule has 0 aliphatic rings. The first-order valence-corrected chi connectivity index (χ1v) is 4.69. The van der Waals surface area contributed by atoms with E-state index in [4.69, 9.17) is 4.55 Å². The molecule has 0 fully saturated rings. The van der Waals surface area contributed by atoms with Crippen LogP contribution in [-0.4, -0.2) is 32.2 Å². The second kappa shape index (κ2) is 4.77. The van der Waals surface area contributed by atoms with Crippen LogP contribution in [0, 0.1) is 0 Å². The lowest BCUT2D eigenvalue weighted by molar-refractivity contribution is -0.0309. The van der Waals surface area contributed by atoms with Crippen LogP contribution in [0.1, 0.15) is 12.8 Å². The van der Waals surface area contributed by atoms with Gasteiger partial charge < -0.3 is 0 Å². The normalized spacial score (nSPS) is 13.2. The Morgan fingerprint density at radius 3 is 2.23 bits per heavy atom. The lowest BCUT2D eigenvalue weighted by atomic mass is 10.2. The van der Waals surface area contributed by atoms with Gasteiger partial charge in [0.2, 0.25) is 0 Å². The van der Waals surface area contributed by atoms with Gasteiger partial charge in [-0.25, -0.2) is 13.0 Å². The summed E-state index contributed by atoms with van der Waals surface area (Å²) < 4.78 is 67.7. The minimum atomic E-state index is -4.69. The molecule has 0 rings (SSSR count). The third-order valence-electron chi connectivity index (χ3n) is 1.16. The highest BCUT2D eigenvalue weighted by Crippen LogP contribution is 2.22. The Kier molecular flexibility index (Phi) is 4.65. The molecular weight excluding hydrogens is 213 g/mol. The van der Waals surface area contributed by atoms with Gasteiger partial charge in [0.05, 0.1) is 13.3 Å². The van der Waals surface area contributed by atoms with E-state index in [2.05, 4.69) is 4.18 Å². The van der Waals surface area contributed by atoms with E-state index in [1.165, 1.54) is 0 Å². The molecule has 1 N–H and O–H groups in total. The van der Waals surface area contributed by atoms with Crippen molar-refractivity contribution < 1.29 is 30.3 Å². The van der Waals surface area contributed by atoms with Gasteiger partial charge in [-0.3, -0.25) is 8.94 Å². The average Bonchev–Trinajstić information content (AvgIpc) is 1.82. The summed E-state index contributed by atoms with van der Waals surface area (Å²) in [4.78, 5) is 0. The fourth-order valence-corrected chi connectivity index (χ4v) is 0.853. The lowest BCUT2D eigenvalue weighted by Gasteiger charge is -2.12. The molecule has 0 spiro atoms. The van der Waals surface area contributed by atoms with Gasteiger partial charge >= 0.3 is 10.4 Å². The van der Waals surface area contributed by atoms with Crippen molar-refractivity contribution >= 4 is 10.4 Å². The van der Waals surface area contributed by atoms with Crippen LogP contribution >= 0.6 is 0 Å². The summed E-state index contributed by atoms with van der Waals surface area (Å²) in [6, 6.07) is 0. The zero-order chi connectivity index (χ0) is 10.5. The monoisotopic (exact) mass is 222 g/mol. The standard InChI is InChI=1S/C5H9F3O4S/c6-3-1-5(7,8)2-4-12-13(9,10)11/h1-4H2,(H,9,10,11). The van der Waals surface area contributed by atoms with E-state index in [1.54, 1.807) is 0 Å². The van der Waals surface area contributed by atoms with E-state index in [-0.39, 0.29) is 0 Å². The lowest BCUT2D eigenvalue weighted by Crippen LogP contribution is -2.20. The first kappa shape index (κ1) is 12.7. The van der Waals surface area contributed by atoms with Crippen molar-refractivity contribution in [2.24, 2.45) is 0 Å². The van der Waals surface area contributed by atoms with Gasteiger partial charge in [0.1, 0.15) is 0 Å². The molecule has 0 aliphatic carbocycles. The quantitative estimate of drug-likeness (QED) is 0.685. The molecule has 0 aliphatic heterocycles. The first-order chi connectivity index (χ1) is 5.77. The third kappa shape index (κ3) is 8.00. The summed E-state index contributed by atoms with van der Waals surface area (Å²) >= 11 is 0. The number of alkyl halides is 3. The van der Waals surface area contributed by atoms with Crippen LogP contribution < -0.4 is 0 Å². The molecule has 13 heavy (non-hydrogen) atoms. The minimum Gasteiger partial charge on any atom is -0.264 e. The van der Waals surface area contributed by atoms with Crippen LogP contribution in [0.2, 0.25) is 0 Å². The maximum absolute atomic E-state index is 12.4. The molecule has 0 heterocycles. The van der Waals surface area contributed by atoms with Crippen molar-refractivity contribution in [3.63, 3.8) is 0 Å². The van der Waals surface area contributed by atoms with Crippen molar-refractivity contribution in [2.75, 3.05) is 13.3 Å². The summed E-state index contributed by atoms with van der Waals surface area (Å²) in [6.07, 6.45) is -1.93. The SMILES string of the molecule is O=S(=O)(O)OCCC(F)(F)CCF. The molecule has 0 unspecified atom stereocenters. The van der Waals surface area contributed by atoms with Gasteiger partial charge in [0.25, 0.3) is 5.92 Å². The van der Waals surface area contributed by atoms with Crippen LogP contribution in [0.5, 0.6) is 0 Å². The van der Waals surface area contributed by atoms with Gasteiger partial charge in [0.15, 0.2) is 0 Å². The summed E-state index contributed by atoms with van der Waals surface area (Å²) in [5.41, 5.74) is 0. The van der Waals surface area contributed by atoms with E-state index >= 15 is 0 Å². The summed E-state index contributed by atoms with van der Waals surface area (Å²) in [5, 5.41) is 0. The van der Waals surface area contributed by atoms with Gasteiger partial charge in [0, 0.05) is 12.8 Å². The highest BCUT2D eigenvalue weighted by Gasteiger charge is 2.28. The Balaban J connectivity index is 3.76. The molecule has 0 aromatic carbocycles. The van der Waals surface area contributed by atoms with Crippen molar-refractivity contribution in [3.8, 4) is 0 Å². The highest BCUT2D eigenvalue weighted by molar-refractivity contribution is 7.80. The fourth-order valence-electron chi connectivity index (χ4n) is 0.560. The molecule has 0 atom stereocenters. The zero-order valence-corrected chi connectivity index (χ0v) is 7.36. The highest BCUT2D eigenvalue weighted by atomic mass is 32.3. The molecule has 0 bridgehead atoms. The topological polar surface area (TPSA) is 63.6 Å². The average molecular weight is 222 g/mol. The molecular formula is C5H9F3O4S. The number of rotatable bonds is 6. The van der Waals surface area contributed by atoms with E-state index in [9.17, 15) is 21.6 Å². The van der Waals surface area contributed by atoms with E-state index in [1.807, 2.05) is 0 Å². The van der Waals surface area contributed by atoms with Crippen LogP contribution in [0.3, 0.4) is 0 Å². The summed E-state index contributed by atoms with van der Waals surface area (Å²) in [5.74, 6) is -3.31. The molecule has 8 heteroatoms. The van der Waals surface area contributed by atoms with E-state index in [0.29, 0.717) is 0 Å². The Morgan fingerprint density at radius 1 is 1.31 bits per heavy atom. The molecule has 0 amide bonds. The fraction of sp³-hybridized carbons (Fsp3) is 1.00. The minimum absolute atomic E-state index is 0.869. The van der Waals surface area contributed by atoms with Crippen molar-refractivity contribution in [1.82, 2.24) is 0 Å². The van der Waals surface area contributed by atoms with Crippen LogP contribution in [0.15, 0.2) is 0 Å². The maximum Gasteiger partial charge on any atom is 0.397 e. The van der Waals surface area contributed by atoms with Crippen LogP contribution in [0.4, 0.5) is 13.2 Å². The molecule has 0 saturated heterocycles. The second-order valence-corrected chi connectivity index (χ2v) is 3.39. The van der Waals surface area contributed by atoms with Gasteiger partial charge in [-0.2, -0.15) is 8.42 Å². The van der Waals surface area contributed by atoms with Crippen molar-refractivity contribution in [2.45, 2.75) is 18.8 Å². The molecule has 0 radical (unpaired) electrons. The summed E-state index contributed by atoms with van der Waals surface area (Å²) in [7, 11) is -4.69. The molecule has 0 aromatic rings. The number of halogens is 3. The Hall–Kier alpha value is -0.340. The third-order valence-corrected chi connectivity index (χ3v) is 1.62. The number of hydrogen-bond acceptors (Lipinski definition) is 3. The van der Waals surface area contributed by atoms with E-state index < -0.39 is 42.4 Å². The van der Waals surface area contributed by atoms with Gasteiger partial charge in [-0.05, 0) is 0 Å². The number of hydrogen-bond donors (Lipinski definition) is 1. The van der Waals surface area contributed by atoms with Crippen LogP contribution in [0.25, 0.3) is 0 Å². The Bertz CT molecular complexity index is 238. The molecule has 0 saturated carbocycles. The smallest absolute Gasteiger partial charge is 0.264 e. The van der Waals surface area contributed by atoms with Crippen molar-refractivity contribution in [1.29, 1.82) is 0 Å². The molecule has 0 aromatic heterocycles. The predicted molar refractivity (Wildman–Crippen MR) is 37.7 cm³/mol. The summed E-state index contributed by atoms with van der Waals surface area (Å²) in [6.45, 7) is -2.06.